The molecule has 2 rings (SSSR count). The number of nitrogens with zero attached hydrogens (tertiary/aromatic N) is 1. The quantitative estimate of drug-likeness (QED) is 0.513. The molecule has 6 nitrogen and oxygen atoms in total. The van der Waals surface area contributed by atoms with Gasteiger partial charge in [0.15, 0.2) is 0 Å². The number of amides is 1. The van der Waals surface area contributed by atoms with E-state index in [1.165, 1.54) is 25.5 Å². The molecule has 0 aliphatic rings. The lowest BCUT2D eigenvalue weighted by Gasteiger charge is -2.04. The molecular formula is C16H14N2O4. The Balaban J connectivity index is 2.12. The average molecular weight is 298 g/mol. The summed E-state index contributed by atoms with van der Waals surface area (Å²) in [6.07, 6.45) is 1.34. The predicted molar refractivity (Wildman–Crippen MR) is 80.9 cm³/mol. The van der Waals surface area contributed by atoms with Crippen LogP contribution in [0.3, 0.4) is 0 Å². The van der Waals surface area contributed by atoms with Crippen LogP contribution in [0.2, 0.25) is 0 Å². The lowest BCUT2D eigenvalue weighted by molar-refractivity contribution is 0.0600. The van der Waals surface area contributed by atoms with E-state index in [1.54, 1.807) is 36.4 Å². The zero-order valence-corrected chi connectivity index (χ0v) is 11.8. The number of aromatic hydroxyl groups is 1. The number of carbonyl (C=O) groups excluding carboxylic acids is 2. The number of hydrazone groups is 1. The van der Waals surface area contributed by atoms with Crippen LogP contribution >= 0.6 is 0 Å². The van der Waals surface area contributed by atoms with E-state index >= 15 is 0 Å². The molecule has 1 amide bonds. The molecular weight excluding hydrogens is 284 g/mol. The minimum Gasteiger partial charge on any atom is -0.507 e. The van der Waals surface area contributed by atoms with Crippen molar-refractivity contribution < 1.29 is 19.4 Å². The third kappa shape index (κ3) is 3.49. The summed E-state index contributed by atoms with van der Waals surface area (Å²) in [6.45, 7) is 0. The highest BCUT2D eigenvalue weighted by Gasteiger charge is 2.10. The number of esters is 1. The van der Waals surface area contributed by atoms with Gasteiger partial charge in [-0.15, -0.1) is 0 Å². The number of para-hydroxylation sites is 1. The van der Waals surface area contributed by atoms with Gasteiger partial charge in [0.05, 0.1) is 24.5 Å². The van der Waals surface area contributed by atoms with Gasteiger partial charge in [0, 0.05) is 5.56 Å². The van der Waals surface area contributed by atoms with E-state index in [4.69, 9.17) is 0 Å². The summed E-state index contributed by atoms with van der Waals surface area (Å²) in [5.41, 5.74) is 3.25. The lowest BCUT2D eigenvalue weighted by Crippen LogP contribution is -2.18. The summed E-state index contributed by atoms with van der Waals surface area (Å²) in [5.74, 6) is -1.18. The summed E-state index contributed by atoms with van der Waals surface area (Å²) in [4.78, 5) is 23.4. The molecule has 0 radical (unpaired) electrons. The van der Waals surface area contributed by atoms with Crippen LogP contribution in [-0.4, -0.2) is 30.3 Å². The molecule has 6 heteroatoms. The molecule has 22 heavy (non-hydrogen) atoms. The van der Waals surface area contributed by atoms with Crippen LogP contribution in [0.25, 0.3) is 0 Å². The topological polar surface area (TPSA) is 88.0 Å². The zero-order chi connectivity index (χ0) is 15.9. The number of ether oxygens (including phenoxy) is 1. The number of phenolic OH excluding ortho intramolecular Hbond substituents is 1. The first-order chi connectivity index (χ1) is 10.6. The highest BCUT2D eigenvalue weighted by atomic mass is 16.5. The first kappa shape index (κ1) is 15.2. The van der Waals surface area contributed by atoms with Crippen molar-refractivity contribution in [1.82, 2.24) is 5.43 Å². The van der Waals surface area contributed by atoms with Crippen LogP contribution in [0.5, 0.6) is 5.75 Å². The van der Waals surface area contributed by atoms with Crippen LogP contribution in [-0.2, 0) is 4.74 Å². The molecule has 112 valence electrons. The Kier molecular flexibility index (Phi) is 4.87. The van der Waals surface area contributed by atoms with Crippen LogP contribution in [0.1, 0.15) is 26.3 Å². The number of benzene rings is 2. The van der Waals surface area contributed by atoms with Gasteiger partial charge in [0.1, 0.15) is 5.75 Å². The number of hydrogen-bond acceptors (Lipinski definition) is 5. The van der Waals surface area contributed by atoms with E-state index in [1.807, 2.05) is 0 Å². The van der Waals surface area contributed by atoms with Gasteiger partial charge in [-0.3, -0.25) is 4.79 Å². The molecule has 2 aromatic rings. The van der Waals surface area contributed by atoms with Crippen LogP contribution in [0.4, 0.5) is 0 Å². The number of methoxy groups -OCH3 is 1. The van der Waals surface area contributed by atoms with Crippen molar-refractivity contribution >= 4 is 18.1 Å². The Bertz CT molecular complexity index is 726. The second kappa shape index (κ2) is 7.03. The number of rotatable bonds is 4. The van der Waals surface area contributed by atoms with E-state index in [2.05, 4.69) is 15.3 Å². The minimum atomic E-state index is -0.551. The van der Waals surface area contributed by atoms with Gasteiger partial charge in [0.25, 0.3) is 5.91 Å². The maximum Gasteiger partial charge on any atom is 0.338 e. The fraction of sp³-hybridized carbons (Fsp3) is 0.0625. The fourth-order valence-corrected chi connectivity index (χ4v) is 1.79. The Labute approximate surface area is 127 Å². The van der Waals surface area contributed by atoms with E-state index in [9.17, 15) is 14.7 Å². The molecule has 0 bridgehead atoms. The maximum atomic E-state index is 11.9. The van der Waals surface area contributed by atoms with Crippen molar-refractivity contribution in [1.29, 1.82) is 0 Å². The summed E-state index contributed by atoms with van der Waals surface area (Å²) in [5, 5.41) is 13.4. The smallest absolute Gasteiger partial charge is 0.338 e. The number of hydrogen-bond donors (Lipinski definition) is 2. The molecule has 2 aromatic carbocycles. The van der Waals surface area contributed by atoms with Crippen LogP contribution < -0.4 is 5.43 Å². The average Bonchev–Trinajstić information content (AvgIpc) is 2.55. The number of carbonyl (C=O) groups is 2. The van der Waals surface area contributed by atoms with Gasteiger partial charge < -0.3 is 9.84 Å². The third-order valence-corrected chi connectivity index (χ3v) is 2.88. The van der Waals surface area contributed by atoms with Crippen LogP contribution in [0, 0.1) is 0 Å². The monoisotopic (exact) mass is 298 g/mol. The summed E-state index contributed by atoms with van der Waals surface area (Å²) < 4.78 is 4.67. The number of phenols is 1. The molecule has 0 fully saturated rings. The van der Waals surface area contributed by atoms with Gasteiger partial charge >= 0.3 is 5.97 Å². The largest absolute Gasteiger partial charge is 0.507 e. The van der Waals surface area contributed by atoms with Gasteiger partial charge in [-0.05, 0) is 18.2 Å². The molecule has 0 heterocycles. The number of nitrogens with one attached hydrogen (secondary N) is 1. The molecule has 0 aromatic heterocycles. The molecule has 0 unspecified atom stereocenters. The summed E-state index contributed by atoms with van der Waals surface area (Å²) in [7, 11) is 1.29. The van der Waals surface area contributed by atoms with Crippen molar-refractivity contribution in [2.45, 2.75) is 0 Å². The van der Waals surface area contributed by atoms with Crippen molar-refractivity contribution in [3.05, 3.63) is 65.2 Å². The van der Waals surface area contributed by atoms with E-state index in [0.29, 0.717) is 11.1 Å². The van der Waals surface area contributed by atoms with E-state index in [-0.39, 0.29) is 11.3 Å². The molecule has 2 N–H and O–H groups in total. The maximum absolute atomic E-state index is 11.9. The van der Waals surface area contributed by atoms with Crippen molar-refractivity contribution in [3.8, 4) is 5.75 Å². The standard InChI is InChI=1S/C16H14N2O4/c1-22-16(21)12-7-3-2-6-11(12)10-17-18-15(20)13-8-4-5-9-14(13)19/h2-10,19H,1H3,(H,18,20)/b17-10-. The first-order valence-corrected chi connectivity index (χ1v) is 6.42. The summed E-state index contributed by atoms with van der Waals surface area (Å²) in [6, 6.07) is 12.8. The molecule has 0 saturated carbocycles. The second-order valence-electron chi connectivity index (χ2n) is 4.30. The second-order valence-corrected chi connectivity index (χ2v) is 4.30. The highest BCUT2D eigenvalue weighted by Crippen LogP contribution is 2.15. The van der Waals surface area contributed by atoms with Crippen LogP contribution in [0.15, 0.2) is 53.6 Å². The van der Waals surface area contributed by atoms with Gasteiger partial charge in [-0.25, -0.2) is 10.2 Å². The summed E-state index contributed by atoms with van der Waals surface area (Å²) >= 11 is 0. The molecule has 0 atom stereocenters. The fourth-order valence-electron chi connectivity index (χ4n) is 1.79. The zero-order valence-electron chi connectivity index (χ0n) is 11.8. The molecule has 0 spiro atoms. The van der Waals surface area contributed by atoms with Crippen molar-refractivity contribution in [2.24, 2.45) is 5.10 Å². The van der Waals surface area contributed by atoms with Crippen molar-refractivity contribution in [2.75, 3.05) is 7.11 Å². The van der Waals surface area contributed by atoms with E-state index in [0.717, 1.165) is 0 Å². The molecule has 0 aliphatic heterocycles. The third-order valence-electron chi connectivity index (χ3n) is 2.88. The Morgan fingerprint density at radius 2 is 1.73 bits per heavy atom. The molecule has 0 aliphatic carbocycles. The minimum absolute atomic E-state index is 0.112. The van der Waals surface area contributed by atoms with Gasteiger partial charge in [-0.1, -0.05) is 30.3 Å². The highest BCUT2D eigenvalue weighted by molar-refractivity contribution is 6.00. The van der Waals surface area contributed by atoms with E-state index < -0.39 is 11.9 Å². The Morgan fingerprint density at radius 1 is 1.09 bits per heavy atom. The Hall–Kier alpha value is -3.15. The Morgan fingerprint density at radius 3 is 2.41 bits per heavy atom. The predicted octanol–water partition coefficient (Wildman–Crippen LogP) is 1.94. The first-order valence-electron chi connectivity index (χ1n) is 6.42. The SMILES string of the molecule is COC(=O)c1ccccc1/C=N\NC(=O)c1ccccc1O. The molecule has 0 saturated heterocycles. The van der Waals surface area contributed by atoms with Gasteiger partial charge in [0.2, 0.25) is 0 Å². The van der Waals surface area contributed by atoms with Gasteiger partial charge in [-0.2, -0.15) is 5.10 Å². The van der Waals surface area contributed by atoms with Crippen molar-refractivity contribution in [3.63, 3.8) is 0 Å². The normalized spacial score (nSPS) is 10.4. The lowest BCUT2D eigenvalue weighted by atomic mass is 10.1.